The Kier molecular flexibility index (Phi) is 2.94. The predicted molar refractivity (Wildman–Crippen MR) is 71.1 cm³/mol. The number of nitrogens with two attached hydrogens (primary N) is 1. The van der Waals surface area contributed by atoms with E-state index in [0.29, 0.717) is 11.5 Å². The molecule has 0 spiro atoms. The normalized spacial score (nSPS) is 31.3. The quantitative estimate of drug-likeness (QED) is 0.769. The molecule has 0 aromatic rings. The Hall–Kier alpha value is -1.58. The number of nitrogens with one attached hydrogen (secondary N) is 1. The first-order valence-corrected chi connectivity index (χ1v) is 6.78. The Balaban J connectivity index is 1.80. The van der Waals surface area contributed by atoms with E-state index in [1.54, 1.807) is 6.08 Å². The number of nitrogens with zero attached hydrogens (tertiary/aromatic N) is 1. The molecule has 0 saturated heterocycles. The summed E-state index contributed by atoms with van der Waals surface area (Å²) in [6.07, 6.45) is 12.1. The van der Waals surface area contributed by atoms with Crippen LogP contribution in [0.25, 0.3) is 0 Å². The lowest BCUT2D eigenvalue weighted by molar-refractivity contribution is -0.114. The highest BCUT2D eigenvalue weighted by Crippen LogP contribution is 2.29. The molecule has 3 N–H and O–H groups in total. The van der Waals surface area contributed by atoms with Gasteiger partial charge in [-0.3, -0.25) is 9.79 Å². The summed E-state index contributed by atoms with van der Waals surface area (Å²) in [5, 5.41) is 3.46. The Morgan fingerprint density at radius 2 is 2.11 bits per heavy atom. The number of hydrogen-bond donors (Lipinski definition) is 2. The monoisotopic (exact) mass is 245 g/mol. The fourth-order valence-electron chi connectivity index (χ4n) is 3.14. The third kappa shape index (κ3) is 1.96. The van der Waals surface area contributed by atoms with Gasteiger partial charge in [0, 0.05) is 11.5 Å². The second-order valence-electron chi connectivity index (χ2n) is 5.34. The summed E-state index contributed by atoms with van der Waals surface area (Å²) in [5.41, 5.74) is 6.03. The molecule has 0 radical (unpaired) electrons. The maximum Gasteiger partial charge on any atom is 0.246 e. The van der Waals surface area contributed by atoms with E-state index < -0.39 is 0 Å². The lowest BCUT2D eigenvalue weighted by Gasteiger charge is -2.23. The molecule has 1 amide bonds. The number of rotatable bonds is 2. The van der Waals surface area contributed by atoms with E-state index in [2.05, 4.69) is 11.4 Å². The number of allylic oxidation sites excluding steroid dienone is 2. The maximum absolute atomic E-state index is 11.4. The molecule has 1 heterocycles. The van der Waals surface area contributed by atoms with E-state index in [4.69, 9.17) is 10.7 Å². The summed E-state index contributed by atoms with van der Waals surface area (Å²) in [4.78, 5) is 16.1. The van der Waals surface area contributed by atoms with Crippen molar-refractivity contribution < 1.29 is 4.79 Å². The molecule has 2 unspecified atom stereocenters. The molecular formula is C14H19N3O. The van der Waals surface area contributed by atoms with Crippen LogP contribution in [0.15, 0.2) is 28.8 Å². The molecule has 0 bridgehead atoms. The Bertz CT molecular complexity index is 444. The van der Waals surface area contributed by atoms with Crippen molar-refractivity contribution in [1.82, 2.24) is 5.32 Å². The Labute approximate surface area is 107 Å². The number of hydrogen-bond acceptors (Lipinski definition) is 3. The average molecular weight is 245 g/mol. The molecule has 1 fully saturated rings. The van der Waals surface area contributed by atoms with E-state index >= 15 is 0 Å². The van der Waals surface area contributed by atoms with Gasteiger partial charge in [-0.2, -0.15) is 0 Å². The van der Waals surface area contributed by atoms with Crippen LogP contribution in [-0.2, 0) is 4.79 Å². The SMILES string of the molecule is NC(=O)C1=CC=CC2NC(C3CCCCC3)=NC12. The molecular weight excluding hydrogens is 226 g/mol. The van der Waals surface area contributed by atoms with Gasteiger partial charge in [-0.15, -0.1) is 0 Å². The first kappa shape index (κ1) is 11.5. The highest BCUT2D eigenvalue weighted by molar-refractivity contribution is 5.97. The van der Waals surface area contributed by atoms with E-state index in [0.717, 1.165) is 5.84 Å². The van der Waals surface area contributed by atoms with Gasteiger partial charge in [0.2, 0.25) is 5.91 Å². The second kappa shape index (κ2) is 4.59. The molecule has 1 aliphatic heterocycles. The third-order valence-electron chi connectivity index (χ3n) is 4.12. The van der Waals surface area contributed by atoms with E-state index in [1.807, 2.05) is 6.08 Å². The topological polar surface area (TPSA) is 67.5 Å². The summed E-state index contributed by atoms with van der Waals surface area (Å²) >= 11 is 0. The Morgan fingerprint density at radius 1 is 1.33 bits per heavy atom. The molecule has 3 aliphatic rings. The van der Waals surface area contributed by atoms with Gasteiger partial charge in [-0.05, 0) is 12.8 Å². The summed E-state index contributed by atoms with van der Waals surface area (Å²) < 4.78 is 0. The first-order chi connectivity index (χ1) is 8.75. The van der Waals surface area contributed by atoms with E-state index in [9.17, 15) is 4.79 Å². The zero-order valence-electron chi connectivity index (χ0n) is 10.4. The van der Waals surface area contributed by atoms with Gasteiger partial charge in [0.25, 0.3) is 0 Å². The zero-order valence-corrected chi connectivity index (χ0v) is 10.4. The van der Waals surface area contributed by atoms with Crippen LogP contribution in [0.2, 0.25) is 0 Å². The predicted octanol–water partition coefficient (Wildman–Crippen LogP) is 1.29. The minimum Gasteiger partial charge on any atom is -0.366 e. The number of amides is 1. The molecule has 2 atom stereocenters. The number of primary amides is 1. The number of carbonyl (C=O) groups excluding carboxylic acids is 1. The van der Waals surface area contributed by atoms with Crippen LogP contribution in [0.5, 0.6) is 0 Å². The molecule has 4 heteroatoms. The van der Waals surface area contributed by atoms with Crippen LogP contribution in [0.1, 0.15) is 32.1 Å². The summed E-state index contributed by atoms with van der Waals surface area (Å²) in [5.74, 6) is 1.28. The van der Waals surface area contributed by atoms with Crippen molar-refractivity contribution in [2.24, 2.45) is 16.6 Å². The molecule has 3 rings (SSSR count). The van der Waals surface area contributed by atoms with Gasteiger partial charge in [-0.25, -0.2) is 0 Å². The van der Waals surface area contributed by atoms with Crippen molar-refractivity contribution in [3.8, 4) is 0 Å². The highest BCUT2D eigenvalue weighted by atomic mass is 16.1. The standard InChI is InChI=1S/C14H19N3O/c15-13(18)10-7-4-8-11-12(10)17-14(16-11)9-5-2-1-3-6-9/h4,7-9,11-12H,1-3,5-6H2,(H2,15,18)(H,16,17). The van der Waals surface area contributed by atoms with E-state index in [-0.39, 0.29) is 18.0 Å². The molecule has 1 saturated carbocycles. The van der Waals surface area contributed by atoms with Crippen LogP contribution < -0.4 is 11.1 Å². The molecule has 18 heavy (non-hydrogen) atoms. The fourth-order valence-corrected chi connectivity index (χ4v) is 3.14. The lowest BCUT2D eigenvalue weighted by Crippen LogP contribution is -2.39. The zero-order chi connectivity index (χ0) is 12.5. The van der Waals surface area contributed by atoms with Gasteiger partial charge in [0.1, 0.15) is 11.9 Å². The fraction of sp³-hybridized carbons (Fsp3) is 0.571. The minimum atomic E-state index is -0.357. The van der Waals surface area contributed by atoms with Crippen molar-refractivity contribution in [2.45, 2.75) is 44.2 Å². The molecule has 96 valence electrons. The van der Waals surface area contributed by atoms with Gasteiger partial charge in [0.15, 0.2) is 0 Å². The van der Waals surface area contributed by atoms with Crippen LogP contribution in [0.3, 0.4) is 0 Å². The number of carbonyl (C=O) groups is 1. The van der Waals surface area contributed by atoms with Crippen molar-refractivity contribution in [3.63, 3.8) is 0 Å². The first-order valence-electron chi connectivity index (χ1n) is 6.78. The van der Waals surface area contributed by atoms with Crippen LogP contribution in [-0.4, -0.2) is 23.8 Å². The molecule has 4 nitrogen and oxygen atoms in total. The second-order valence-corrected chi connectivity index (χ2v) is 5.34. The highest BCUT2D eigenvalue weighted by Gasteiger charge is 2.35. The molecule has 0 aromatic heterocycles. The minimum absolute atomic E-state index is 0.107. The third-order valence-corrected chi connectivity index (χ3v) is 4.12. The van der Waals surface area contributed by atoms with E-state index in [1.165, 1.54) is 32.1 Å². The van der Waals surface area contributed by atoms with Gasteiger partial charge >= 0.3 is 0 Å². The summed E-state index contributed by atoms with van der Waals surface area (Å²) in [7, 11) is 0. The van der Waals surface area contributed by atoms with Crippen molar-refractivity contribution in [1.29, 1.82) is 0 Å². The van der Waals surface area contributed by atoms with Gasteiger partial charge in [0.05, 0.1) is 6.04 Å². The number of aliphatic imine (C=N–C) groups is 1. The summed E-state index contributed by atoms with van der Waals surface area (Å²) in [6, 6.07) is 0.0128. The van der Waals surface area contributed by atoms with Gasteiger partial charge < -0.3 is 11.1 Å². The van der Waals surface area contributed by atoms with Crippen LogP contribution in [0.4, 0.5) is 0 Å². The van der Waals surface area contributed by atoms with Crippen molar-refractivity contribution in [3.05, 3.63) is 23.8 Å². The smallest absolute Gasteiger partial charge is 0.246 e. The Morgan fingerprint density at radius 3 is 2.83 bits per heavy atom. The van der Waals surface area contributed by atoms with Crippen LogP contribution in [0, 0.1) is 5.92 Å². The number of fused-ring (bicyclic) bond motifs is 1. The van der Waals surface area contributed by atoms with Crippen molar-refractivity contribution in [2.75, 3.05) is 0 Å². The average Bonchev–Trinajstić information content (AvgIpc) is 2.83. The van der Waals surface area contributed by atoms with Crippen molar-refractivity contribution >= 4 is 11.7 Å². The lowest BCUT2D eigenvalue weighted by atomic mass is 9.88. The van der Waals surface area contributed by atoms with Gasteiger partial charge in [-0.1, -0.05) is 37.5 Å². The summed E-state index contributed by atoms with van der Waals surface area (Å²) in [6.45, 7) is 0. The van der Waals surface area contributed by atoms with Crippen LogP contribution >= 0.6 is 0 Å². The maximum atomic E-state index is 11.4. The number of amidine groups is 1. The molecule has 0 aromatic carbocycles. The molecule has 2 aliphatic carbocycles. The largest absolute Gasteiger partial charge is 0.366 e.